The topological polar surface area (TPSA) is 49.5 Å². The summed E-state index contributed by atoms with van der Waals surface area (Å²) in [6, 6.07) is 3.28. The van der Waals surface area contributed by atoms with Crippen LogP contribution in [0.2, 0.25) is 0 Å². The third-order valence-electron chi connectivity index (χ3n) is 2.56. The third kappa shape index (κ3) is 3.53. The number of halogens is 3. The summed E-state index contributed by atoms with van der Waals surface area (Å²) in [6.45, 7) is 2.87. The van der Waals surface area contributed by atoms with Crippen LogP contribution in [-0.2, 0) is 6.18 Å². The summed E-state index contributed by atoms with van der Waals surface area (Å²) in [6.07, 6.45) is -3.57. The smallest absolute Gasteiger partial charge is 0.397 e. The van der Waals surface area contributed by atoms with Gasteiger partial charge in [-0.2, -0.15) is 13.2 Å². The van der Waals surface area contributed by atoms with E-state index in [0.29, 0.717) is 18.8 Å². The van der Waals surface area contributed by atoms with E-state index >= 15 is 0 Å². The zero-order valence-corrected chi connectivity index (χ0v) is 10.2. The van der Waals surface area contributed by atoms with E-state index in [2.05, 4.69) is 0 Å². The van der Waals surface area contributed by atoms with E-state index in [1.54, 1.807) is 4.90 Å². The SMILES string of the molecule is CCCN(CCO)c1ccc(C(F)(F)F)cc1N. The molecule has 0 saturated heterocycles. The van der Waals surface area contributed by atoms with Gasteiger partial charge in [0.25, 0.3) is 0 Å². The molecule has 6 heteroatoms. The van der Waals surface area contributed by atoms with Crippen molar-refractivity contribution in [1.29, 1.82) is 0 Å². The molecule has 102 valence electrons. The van der Waals surface area contributed by atoms with Gasteiger partial charge in [-0.3, -0.25) is 0 Å². The number of rotatable bonds is 5. The second-order valence-corrected chi connectivity index (χ2v) is 3.98. The standard InChI is InChI=1S/C12H17F3N2O/c1-2-5-17(6-7-18)11-4-3-9(8-10(11)16)12(13,14)15/h3-4,8,18H,2,5-7,16H2,1H3. The molecule has 18 heavy (non-hydrogen) atoms. The summed E-state index contributed by atoms with van der Waals surface area (Å²) in [7, 11) is 0. The van der Waals surface area contributed by atoms with E-state index in [-0.39, 0.29) is 12.3 Å². The number of nitrogens with two attached hydrogens (primary N) is 1. The maximum atomic E-state index is 12.5. The number of benzene rings is 1. The van der Waals surface area contributed by atoms with Gasteiger partial charge in [-0.1, -0.05) is 6.92 Å². The van der Waals surface area contributed by atoms with Crippen molar-refractivity contribution in [2.75, 3.05) is 30.3 Å². The molecule has 1 aromatic carbocycles. The van der Waals surface area contributed by atoms with Crippen LogP contribution in [0, 0.1) is 0 Å². The largest absolute Gasteiger partial charge is 0.416 e. The first-order chi connectivity index (χ1) is 8.40. The van der Waals surface area contributed by atoms with Crippen molar-refractivity contribution in [3.8, 4) is 0 Å². The molecular formula is C12H17F3N2O. The fraction of sp³-hybridized carbons (Fsp3) is 0.500. The highest BCUT2D eigenvalue weighted by molar-refractivity contribution is 5.68. The Morgan fingerprint density at radius 2 is 1.94 bits per heavy atom. The van der Waals surface area contributed by atoms with E-state index in [1.807, 2.05) is 6.92 Å². The van der Waals surface area contributed by atoms with Crippen molar-refractivity contribution >= 4 is 11.4 Å². The maximum absolute atomic E-state index is 12.5. The van der Waals surface area contributed by atoms with Gasteiger partial charge in [0.15, 0.2) is 0 Å². The number of aliphatic hydroxyl groups is 1. The van der Waals surface area contributed by atoms with Gasteiger partial charge in [0.2, 0.25) is 0 Å². The summed E-state index contributed by atoms with van der Waals surface area (Å²) in [5.41, 5.74) is 5.50. The Morgan fingerprint density at radius 1 is 1.28 bits per heavy atom. The van der Waals surface area contributed by atoms with Gasteiger partial charge in [-0.05, 0) is 24.6 Å². The number of hydrogen-bond donors (Lipinski definition) is 2. The van der Waals surface area contributed by atoms with Crippen molar-refractivity contribution < 1.29 is 18.3 Å². The molecule has 0 atom stereocenters. The third-order valence-corrected chi connectivity index (χ3v) is 2.56. The lowest BCUT2D eigenvalue weighted by molar-refractivity contribution is -0.137. The fourth-order valence-corrected chi connectivity index (χ4v) is 1.76. The van der Waals surface area contributed by atoms with E-state index in [1.165, 1.54) is 6.07 Å². The van der Waals surface area contributed by atoms with E-state index in [0.717, 1.165) is 18.6 Å². The van der Waals surface area contributed by atoms with Crippen LogP contribution < -0.4 is 10.6 Å². The van der Waals surface area contributed by atoms with Crippen LogP contribution in [0.1, 0.15) is 18.9 Å². The first-order valence-corrected chi connectivity index (χ1v) is 5.72. The molecular weight excluding hydrogens is 245 g/mol. The molecule has 0 spiro atoms. The molecule has 0 radical (unpaired) electrons. The molecule has 0 bridgehead atoms. The molecule has 1 rings (SSSR count). The normalized spacial score (nSPS) is 11.6. The molecule has 0 aliphatic carbocycles. The summed E-state index contributed by atoms with van der Waals surface area (Å²) >= 11 is 0. The van der Waals surface area contributed by atoms with Gasteiger partial charge >= 0.3 is 6.18 Å². The van der Waals surface area contributed by atoms with Gasteiger partial charge in [0, 0.05) is 13.1 Å². The lowest BCUT2D eigenvalue weighted by atomic mass is 10.1. The molecule has 1 aromatic rings. The number of hydrogen-bond acceptors (Lipinski definition) is 3. The minimum Gasteiger partial charge on any atom is -0.397 e. The number of nitrogens with zero attached hydrogens (tertiary/aromatic N) is 1. The summed E-state index contributed by atoms with van der Waals surface area (Å²) in [5, 5.41) is 8.94. The quantitative estimate of drug-likeness (QED) is 0.801. The van der Waals surface area contributed by atoms with Gasteiger partial charge in [0.05, 0.1) is 23.5 Å². The Kier molecular flexibility index (Phi) is 4.84. The van der Waals surface area contributed by atoms with Crippen molar-refractivity contribution in [3.63, 3.8) is 0 Å². The number of nitrogen functional groups attached to an aromatic ring is 1. The predicted octanol–water partition coefficient (Wildman–Crippen LogP) is 2.50. The highest BCUT2D eigenvalue weighted by Crippen LogP contribution is 2.34. The van der Waals surface area contributed by atoms with Crippen LogP contribution >= 0.6 is 0 Å². The van der Waals surface area contributed by atoms with Crippen molar-refractivity contribution in [2.45, 2.75) is 19.5 Å². The highest BCUT2D eigenvalue weighted by Gasteiger charge is 2.31. The van der Waals surface area contributed by atoms with Gasteiger partial charge in [0.1, 0.15) is 0 Å². The van der Waals surface area contributed by atoms with Crippen molar-refractivity contribution in [1.82, 2.24) is 0 Å². The molecule has 3 nitrogen and oxygen atoms in total. The summed E-state index contributed by atoms with van der Waals surface area (Å²) < 4.78 is 37.5. The minimum absolute atomic E-state index is 0.0690. The second-order valence-electron chi connectivity index (χ2n) is 3.98. The van der Waals surface area contributed by atoms with Crippen molar-refractivity contribution in [3.05, 3.63) is 23.8 Å². The highest BCUT2D eigenvalue weighted by atomic mass is 19.4. The van der Waals surface area contributed by atoms with Crippen LogP contribution in [0.15, 0.2) is 18.2 Å². The second kappa shape index (κ2) is 5.95. The minimum atomic E-state index is -4.39. The molecule has 0 heterocycles. The molecule has 0 aliphatic rings. The van der Waals surface area contributed by atoms with Gasteiger partial charge < -0.3 is 15.7 Å². The monoisotopic (exact) mass is 262 g/mol. The predicted molar refractivity (Wildman–Crippen MR) is 65.4 cm³/mol. The first kappa shape index (κ1) is 14.6. The Hall–Kier alpha value is -1.43. The Bertz CT molecular complexity index is 387. The maximum Gasteiger partial charge on any atom is 0.416 e. The summed E-state index contributed by atoms with van der Waals surface area (Å²) in [4.78, 5) is 1.77. The molecule has 0 amide bonds. The average molecular weight is 262 g/mol. The lowest BCUT2D eigenvalue weighted by Crippen LogP contribution is -2.28. The molecule has 0 unspecified atom stereocenters. The Balaban J connectivity index is 3.03. The zero-order valence-electron chi connectivity index (χ0n) is 10.2. The van der Waals surface area contributed by atoms with Crippen LogP contribution in [0.3, 0.4) is 0 Å². The Morgan fingerprint density at radius 3 is 2.39 bits per heavy atom. The molecule has 0 saturated carbocycles. The first-order valence-electron chi connectivity index (χ1n) is 5.72. The fourth-order valence-electron chi connectivity index (χ4n) is 1.76. The van der Waals surface area contributed by atoms with Crippen LogP contribution in [0.4, 0.5) is 24.5 Å². The van der Waals surface area contributed by atoms with Gasteiger partial charge in [-0.15, -0.1) is 0 Å². The number of aliphatic hydroxyl groups excluding tert-OH is 1. The van der Waals surface area contributed by atoms with E-state index in [9.17, 15) is 13.2 Å². The number of anilines is 2. The lowest BCUT2D eigenvalue weighted by Gasteiger charge is -2.25. The molecule has 0 aliphatic heterocycles. The zero-order chi connectivity index (χ0) is 13.8. The van der Waals surface area contributed by atoms with E-state index in [4.69, 9.17) is 10.8 Å². The average Bonchev–Trinajstić information content (AvgIpc) is 2.27. The van der Waals surface area contributed by atoms with Gasteiger partial charge in [-0.25, -0.2) is 0 Å². The number of alkyl halides is 3. The van der Waals surface area contributed by atoms with E-state index < -0.39 is 11.7 Å². The molecule has 0 fully saturated rings. The molecule has 0 aromatic heterocycles. The van der Waals surface area contributed by atoms with Crippen molar-refractivity contribution in [2.24, 2.45) is 0 Å². The molecule has 3 N–H and O–H groups in total. The van der Waals surface area contributed by atoms with Crippen LogP contribution in [0.25, 0.3) is 0 Å². The van der Waals surface area contributed by atoms with Crippen LogP contribution in [-0.4, -0.2) is 24.8 Å². The summed E-state index contributed by atoms with van der Waals surface area (Å²) in [5.74, 6) is 0. The van der Waals surface area contributed by atoms with Crippen LogP contribution in [0.5, 0.6) is 0 Å². The Labute approximate surface area is 104 Å².